The van der Waals surface area contributed by atoms with Gasteiger partial charge < -0.3 is 10.6 Å². The van der Waals surface area contributed by atoms with E-state index in [0.29, 0.717) is 16.4 Å². The molecule has 0 aliphatic carbocycles. The molecule has 4 aromatic rings. The highest BCUT2D eigenvalue weighted by Crippen LogP contribution is 2.29. The van der Waals surface area contributed by atoms with Gasteiger partial charge in [-0.25, -0.2) is 4.98 Å². The van der Waals surface area contributed by atoms with E-state index >= 15 is 0 Å². The van der Waals surface area contributed by atoms with Gasteiger partial charge in [0.1, 0.15) is 0 Å². The van der Waals surface area contributed by atoms with Crippen molar-refractivity contribution in [2.24, 2.45) is 0 Å². The average molecular weight is 462 g/mol. The molecule has 7 heteroatoms. The Bertz CT molecular complexity index is 1280. The Morgan fingerprint density at radius 3 is 2.47 bits per heavy atom. The first kappa shape index (κ1) is 22.0. The van der Waals surface area contributed by atoms with Crippen molar-refractivity contribution in [2.45, 2.75) is 30.9 Å². The second-order valence-electron chi connectivity index (χ2n) is 7.53. The summed E-state index contributed by atoms with van der Waals surface area (Å²) in [5, 5.41) is 6.15. The number of anilines is 2. The Balaban J connectivity index is 1.35. The lowest BCUT2D eigenvalue weighted by Gasteiger charge is -2.11. The summed E-state index contributed by atoms with van der Waals surface area (Å²) in [6.45, 7) is 5.82. The van der Waals surface area contributed by atoms with E-state index < -0.39 is 0 Å². The quantitative estimate of drug-likeness (QED) is 0.331. The fourth-order valence-corrected chi connectivity index (χ4v) is 5.03. The minimum absolute atomic E-state index is 0.0947. The first-order valence-corrected chi connectivity index (χ1v) is 11.9. The Kier molecular flexibility index (Phi) is 6.58. The molecular formula is C25H23N3O2S2. The summed E-state index contributed by atoms with van der Waals surface area (Å²) in [5.41, 5.74) is 4.35. The molecule has 0 saturated carbocycles. The molecule has 0 fully saturated rings. The number of hydrogen-bond donors (Lipinski definition) is 2. The lowest BCUT2D eigenvalue weighted by molar-refractivity contribution is -0.115. The molecule has 1 heterocycles. The highest BCUT2D eigenvalue weighted by Gasteiger charge is 2.17. The van der Waals surface area contributed by atoms with E-state index in [4.69, 9.17) is 0 Å². The van der Waals surface area contributed by atoms with E-state index in [1.54, 1.807) is 0 Å². The number of nitrogens with one attached hydrogen (secondary N) is 2. The topological polar surface area (TPSA) is 71.1 Å². The summed E-state index contributed by atoms with van der Waals surface area (Å²) in [6.07, 6.45) is 0. The van der Waals surface area contributed by atoms with Gasteiger partial charge in [-0.05, 0) is 74.4 Å². The number of rotatable bonds is 6. The number of nitrogens with zero attached hydrogens (tertiary/aromatic N) is 1. The molecule has 1 atom stereocenters. The molecular weight excluding hydrogens is 438 g/mol. The summed E-state index contributed by atoms with van der Waals surface area (Å²) in [7, 11) is 0. The van der Waals surface area contributed by atoms with Crippen LogP contribution < -0.4 is 10.6 Å². The smallest absolute Gasteiger partial charge is 0.255 e. The molecule has 0 aliphatic rings. The fourth-order valence-electron chi connectivity index (χ4n) is 3.19. The predicted octanol–water partition coefficient (Wildman–Crippen LogP) is 6.28. The van der Waals surface area contributed by atoms with Gasteiger partial charge in [0.25, 0.3) is 5.91 Å². The second kappa shape index (κ2) is 9.54. The van der Waals surface area contributed by atoms with Gasteiger partial charge in [0, 0.05) is 16.1 Å². The number of aryl methyl sites for hydroxylation is 2. The molecule has 0 aliphatic heterocycles. The van der Waals surface area contributed by atoms with Gasteiger partial charge in [-0.2, -0.15) is 0 Å². The molecule has 0 radical (unpaired) electrons. The fraction of sp³-hybridized carbons (Fsp3) is 0.160. The van der Waals surface area contributed by atoms with Crippen LogP contribution in [0.3, 0.4) is 0 Å². The Morgan fingerprint density at radius 2 is 1.72 bits per heavy atom. The third kappa shape index (κ3) is 5.18. The van der Waals surface area contributed by atoms with Crippen molar-refractivity contribution in [3.05, 3.63) is 83.4 Å². The van der Waals surface area contributed by atoms with Crippen LogP contribution in [0.5, 0.6) is 0 Å². The monoisotopic (exact) mass is 461 g/mol. The first-order valence-electron chi connectivity index (χ1n) is 10.2. The first-order chi connectivity index (χ1) is 15.4. The molecule has 1 aromatic heterocycles. The molecule has 162 valence electrons. The number of thiazole rings is 1. The van der Waals surface area contributed by atoms with Gasteiger partial charge in [0.2, 0.25) is 5.91 Å². The zero-order valence-electron chi connectivity index (χ0n) is 18.0. The van der Waals surface area contributed by atoms with Crippen LogP contribution in [0.25, 0.3) is 10.2 Å². The van der Waals surface area contributed by atoms with Crippen molar-refractivity contribution in [2.75, 3.05) is 10.6 Å². The minimum atomic E-state index is -0.295. The molecule has 1 unspecified atom stereocenters. The summed E-state index contributed by atoms with van der Waals surface area (Å²) in [5.74, 6) is -0.231. The number of benzene rings is 3. The number of hydrogen-bond acceptors (Lipinski definition) is 5. The number of carbonyl (C=O) groups excluding carboxylic acids is 2. The van der Waals surface area contributed by atoms with E-state index in [2.05, 4.69) is 21.7 Å². The molecule has 0 bridgehead atoms. The van der Waals surface area contributed by atoms with Crippen LogP contribution >= 0.6 is 23.1 Å². The maximum absolute atomic E-state index is 12.6. The van der Waals surface area contributed by atoms with E-state index in [9.17, 15) is 9.59 Å². The van der Waals surface area contributed by atoms with Crippen molar-refractivity contribution in [1.29, 1.82) is 0 Å². The zero-order chi connectivity index (χ0) is 22.7. The van der Waals surface area contributed by atoms with Gasteiger partial charge in [0.15, 0.2) is 5.13 Å². The van der Waals surface area contributed by atoms with Gasteiger partial charge in [0.05, 0.1) is 15.5 Å². The van der Waals surface area contributed by atoms with Crippen LogP contribution in [0, 0.1) is 13.8 Å². The molecule has 2 amide bonds. The highest BCUT2D eigenvalue weighted by molar-refractivity contribution is 8.00. The lowest BCUT2D eigenvalue weighted by atomic mass is 10.1. The van der Waals surface area contributed by atoms with E-state index in [1.165, 1.54) is 28.7 Å². The lowest BCUT2D eigenvalue weighted by Crippen LogP contribution is -2.22. The van der Waals surface area contributed by atoms with Crippen molar-refractivity contribution in [3.63, 3.8) is 0 Å². The minimum Gasteiger partial charge on any atom is -0.322 e. The molecule has 4 rings (SSSR count). The van der Waals surface area contributed by atoms with Crippen LogP contribution in [0.15, 0.2) is 71.6 Å². The van der Waals surface area contributed by atoms with E-state index in [0.717, 1.165) is 20.7 Å². The van der Waals surface area contributed by atoms with Crippen LogP contribution in [0.2, 0.25) is 0 Å². The Labute approximate surface area is 195 Å². The molecule has 32 heavy (non-hydrogen) atoms. The number of carbonyl (C=O) groups is 2. The van der Waals surface area contributed by atoms with Crippen molar-refractivity contribution in [1.82, 2.24) is 4.98 Å². The standard InChI is InChI=1S/C25H23N3O2S2/c1-15-8-13-21-22(14-15)32-25(27-21)28-23(29)17(3)31-19-11-9-18(10-12-19)26-24(30)20-7-5-4-6-16(20)2/h4-14,17H,1-3H3,(H,26,30)(H,27,28,29). The number of fused-ring (bicyclic) bond motifs is 1. The number of aromatic nitrogens is 1. The largest absolute Gasteiger partial charge is 0.322 e. The van der Waals surface area contributed by atoms with Crippen LogP contribution in [0.4, 0.5) is 10.8 Å². The van der Waals surface area contributed by atoms with Gasteiger partial charge in [-0.1, -0.05) is 35.6 Å². The van der Waals surface area contributed by atoms with Gasteiger partial charge in [-0.3, -0.25) is 9.59 Å². The van der Waals surface area contributed by atoms with Crippen LogP contribution in [0.1, 0.15) is 28.4 Å². The maximum atomic E-state index is 12.6. The highest BCUT2D eigenvalue weighted by atomic mass is 32.2. The van der Waals surface area contributed by atoms with Crippen molar-refractivity contribution >= 4 is 55.9 Å². The maximum Gasteiger partial charge on any atom is 0.255 e. The third-order valence-corrected chi connectivity index (χ3v) is 7.00. The van der Waals surface area contributed by atoms with Crippen molar-refractivity contribution < 1.29 is 9.59 Å². The Hall–Kier alpha value is -3.16. The normalized spacial score (nSPS) is 11.8. The summed E-state index contributed by atoms with van der Waals surface area (Å²) >= 11 is 2.94. The zero-order valence-corrected chi connectivity index (χ0v) is 19.6. The number of thioether (sulfide) groups is 1. The molecule has 3 aromatic carbocycles. The molecule has 5 nitrogen and oxygen atoms in total. The van der Waals surface area contributed by atoms with Crippen LogP contribution in [-0.4, -0.2) is 22.0 Å². The second-order valence-corrected chi connectivity index (χ2v) is 9.98. The average Bonchev–Trinajstić information content (AvgIpc) is 3.16. The van der Waals surface area contributed by atoms with E-state index in [1.807, 2.05) is 81.4 Å². The Morgan fingerprint density at radius 1 is 0.969 bits per heavy atom. The third-order valence-electron chi connectivity index (χ3n) is 4.96. The van der Waals surface area contributed by atoms with Crippen LogP contribution in [-0.2, 0) is 4.79 Å². The SMILES string of the molecule is Cc1ccc2nc(NC(=O)C(C)Sc3ccc(NC(=O)c4ccccc4C)cc3)sc2c1. The summed E-state index contributed by atoms with van der Waals surface area (Å²) in [4.78, 5) is 30.5. The predicted molar refractivity (Wildman–Crippen MR) is 134 cm³/mol. The van der Waals surface area contributed by atoms with E-state index in [-0.39, 0.29) is 17.1 Å². The van der Waals surface area contributed by atoms with Gasteiger partial charge in [-0.15, -0.1) is 11.8 Å². The summed E-state index contributed by atoms with van der Waals surface area (Å²) < 4.78 is 1.06. The number of amides is 2. The molecule has 0 spiro atoms. The summed E-state index contributed by atoms with van der Waals surface area (Å²) in [6, 6.07) is 21.0. The van der Waals surface area contributed by atoms with Gasteiger partial charge >= 0.3 is 0 Å². The molecule has 2 N–H and O–H groups in total. The molecule has 0 saturated heterocycles. The van der Waals surface area contributed by atoms with Crippen molar-refractivity contribution in [3.8, 4) is 0 Å².